The average Bonchev–Trinajstić information content (AvgIpc) is 3.45. The number of hydrogen-bond donors (Lipinski definition) is 0. The molecule has 2 aliphatic rings. The van der Waals surface area contributed by atoms with E-state index in [-0.39, 0.29) is 0 Å². The first-order valence-corrected chi connectivity index (χ1v) is 10.2. The number of aromatic nitrogens is 1. The zero-order valence-corrected chi connectivity index (χ0v) is 16.1. The van der Waals surface area contributed by atoms with E-state index in [0.717, 1.165) is 30.6 Å². The Kier molecular flexibility index (Phi) is 4.06. The summed E-state index contributed by atoms with van der Waals surface area (Å²) in [7, 11) is 0. The Labute approximate surface area is 160 Å². The van der Waals surface area contributed by atoms with Crippen molar-refractivity contribution >= 4 is 22.5 Å². The Morgan fingerprint density at radius 3 is 2.77 bits per heavy atom. The predicted molar refractivity (Wildman–Crippen MR) is 109 cm³/mol. The maximum atomic E-state index is 6.39. The number of fused-ring (bicyclic) bond motifs is 3. The van der Waals surface area contributed by atoms with Gasteiger partial charge < -0.3 is 4.57 Å². The molecule has 0 atom stereocenters. The van der Waals surface area contributed by atoms with Crippen LogP contribution >= 0.6 is 11.6 Å². The summed E-state index contributed by atoms with van der Waals surface area (Å²) in [4.78, 5) is 2.70. The quantitative estimate of drug-likeness (QED) is 0.604. The molecule has 1 saturated carbocycles. The molecule has 1 aliphatic heterocycles. The lowest BCUT2D eigenvalue weighted by Crippen LogP contribution is -2.32. The summed E-state index contributed by atoms with van der Waals surface area (Å²) in [5.74, 6) is 0. The van der Waals surface area contributed by atoms with Crippen LogP contribution in [0.3, 0.4) is 0 Å². The fourth-order valence-electron chi connectivity index (χ4n) is 4.52. The topological polar surface area (TPSA) is 8.17 Å². The molecule has 2 heterocycles. The van der Waals surface area contributed by atoms with E-state index in [1.807, 2.05) is 12.1 Å². The van der Waals surface area contributed by atoms with Gasteiger partial charge in [-0.3, -0.25) is 4.90 Å². The number of benzene rings is 2. The Morgan fingerprint density at radius 1 is 1.12 bits per heavy atom. The molecule has 5 rings (SSSR count). The summed E-state index contributed by atoms with van der Waals surface area (Å²) in [6, 6.07) is 16.0. The van der Waals surface area contributed by atoms with Crippen LogP contribution in [-0.2, 0) is 25.9 Å². The molecule has 1 aliphatic carbocycles. The molecule has 3 heteroatoms. The van der Waals surface area contributed by atoms with Crippen molar-refractivity contribution in [1.82, 2.24) is 9.47 Å². The number of rotatable bonds is 4. The van der Waals surface area contributed by atoms with Crippen molar-refractivity contribution in [3.05, 3.63) is 69.9 Å². The third-order valence-electron chi connectivity index (χ3n) is 6.07. The van der Waals surface area contributed by atoms with Gasteiger partial charge in [0.15, 0.2) is 0 Å². The SMILES string of the molecule is Cc1ccc2c(c1)c1c(n2CCc2ccccc2Cl)CCN(C2CC2)C1. The highest BCUT2D eigenvalue weighted by molar-refractivity contribution is 6.31. The highest BCUT2D eigenvalue weighted by Crippen LogP contribution is 2.36. The van der Waals surface area contributed by atoms with Crippen molar-refractivity contribution in [2.24, 2.45) is 0 Å². The molecule has 1 fully saturated rings. The van der Waals surface area contributed by atoms with E-state index in [0.29, 0.717) is 0 Å². The van der Waals surface area contributed by atoms with Gasteiger partial charge >= 0.3 is 0 Å². The Bertz CT molecular complexity index is 968. The molecule has 2 nitrogen and oxygen atoms in total. The van der Waals surface area contributed by atoms with Crippen LogP contribution in [0, 0.1) is 6.92 Å². The molecule has 0 spiro atoms. The number of nitrogens with zero attached hydrogens (tertiary/aromatic N) is 2. The van der Waals surface area contributed by atoms with Gasteiger partial charge in [-0.05, 0) is 55.5 Å². The van der Waals surface area contributed by atoms with Gasteiger partial charge in [-0.15, -0.1) is 0 Å². The largest absolute Gasteiger partial charge is 0.344 e. The van der Waals surface area contributed by atoms with Gasteiger partial charge in [0, 0.05) is 53.7 Å². The first-order chi connectivity index (χ1) is 12.7. The van der Waals surface area contributed by atoms with Gasteiger partial charge in [-0.1, -0.05) is 41.4 Å². The number of aryl methyl sites for hydroxylation is 3. The first kappa shape index (κ1) is 16.4. The van der Waals surface area contributed by atoms with E-state index in [9.17, 15) is 0 Å². The van der Waals surface area contributed by atoms with E-state index in [2.05, 4.69) is 46.7 Å². The fourth-order valence-corrected chi connectivity index (χ4v) is 4.76. The molecule has 0 bridgehead atoms. The average molecular weight is 365 g/mol. The Morgan fingerprint density at radius 2 is 1.96 bits per heavy atom. The Hall–Kier alpha value is -1.77. The summed E-state index contributed by atoms with van der Waals surface area (Å²) < 4.78 is 2.57. The van der Waals surface area contributed by atoms with Crippen LogP contribution < -0.4 is 0 Å². The molecule has 1 aromatic heterocycles. The third-order valence-corrected chi connectivity index (χ3v) is 6.43. The molecule has 0 radical (unpaired) electrons. The van der Waals surface area contributed by atoms with Crippen molar-refractivity contribution in [3.63, 3.8) is 0 Å². The molecule has 134 valence electrons. The third kappa shape index (κ3) is 2.86. The molecule has 0 unspecified atom stereocenters. The predicted octanol–water partition coefficient (Wildman–Crippen LogP) is 5.37. The van der Waals surface area contributed by atoms with Gasteiger partial charge in [0.25, 0.3) is 0 Å². The van der Waals surface area contributed by atoms with E-state index in [4.69, 9.17) is 11.6 Å². The normalized spacial score (nSPS) is 17.6. The van der Waals surface area contributed by atoms with E-state index in [1.165, 1.54) is 47.8 Å². The summed E-state index contributed by atoms with van der Waals surface area (Å²) in [5.41, 5.74) is 7.11. The fraction of sp³-hybridized carbons (Fsp3) is 0.391. The lowest BCUT2D eigenvalue weighted by Gasteiger charge is -2.28. The second-order valence-corrected chi connectivity index (χ2v) is 8.30. The van der Waals surface area contributed by atoms with Crippen molar-refractivity contribution in [2.45, 2.75) is 51.7 Å². The monoisotopic (exact) mass is 364 g/mol. The zero-order valence-electron chi connectivity index (χ0n) is 15.3. The van der Waals surface area contributed by atoms with E-state index >= 15 is 0 Å². The van der Waals surface area contributed by atoms with E-state index < -0.39 is 0 Å². The number of halogens is 1. The lowest BCUT2D eigenvalue weighted by atomic mass is 10.0. The molecule has 2 aromatic carbocycles. The molecular formula is C23H25ClN2. The van der Waals surface area contributed by atoms with Crippen molar-refractivity contribution in [2.75, 3.05) is 6.54 Å². The second kappa shape index (κ2) is 6.44. The summed E-state index contributed by atoms with van der Waals surface area (Å²) in [6.07, 6.45) is 4.93. The molecule has 3 aromatic rings. The van der Waals surface area contributed by atoms with Crippen molar-refractivity contribution in [1.29, 1.82) is 0 Å². The minimum absolute atomic E-state index is 0.842. The second-order valence-electron chi connectivity index (χ2n) is 7.89. The highest BCUT2D eigenvalue weighted by atomic mass is 35.5. The van der Waals surface area contributed by atoms with Crippen molar-refractivity contribution in [3.8, 4) is 0 Å². The van der Waals surface area contributed by atoms with Crippen LogP contribution in [0.4, 0.5) is 0 Å². The summed E-state index contributed by atoms with van der Waals surface area (Å²) >= 11 is 6.39. The molecule has 0 N–H and O–H groups in total. The first-order valence-electron chi connectivity index (χ1n) is 9.79. The molecule has 26 heavy (non-hydrogen) atoms. The molecule has 0 amide bonds. The molecule has 0 saturated heterocycles. The highest BCUT2D eigenvalue weighted by Gasteiger charge is 2.33. The van der Waals surface area contributed by atoms with Crippen molar-refractivity contribution < 1.29 is 0 Å². The van der Waals surface area contributed by atoms with Gasteiger partial charge in [-0.25, -0.2) is 0 Å². The van der Waals surface area contributed by atoms with Crippen LogP contribution in [0.2, 0.25) is 5.02 Å². The number of hydrogen-bond acceptors (Lipinski definition) is 1. The van der Waals surface area contributed by atoms with Crippen LogP contribution in [-0.4, -0.2) is 22.1 Å². The van der Waals surface area contributed by atoms with Gasteiger partial charge in [0.05, 0.1) is 0 Å². The lowest BCUT2D eigenvalue weighted by molar-refractivity contribution is 0.241. The van der Waals surface area contributed by atoms with Crippen LogP contribution in [0.1, 0.15) is 35.2 Å². The zero-order chi connectivity index (χ0) is 17.7. The smallest absolute Gasteiger partial charge is 0.0486 e. The minimum atomic E-state index is 0.842. The maximum absolute atomic E-state index is 6.39. The van der Waals surface area contributed by atoms with Crippen LogP contribution in [0.15, 0.2) is 42.5 Å². The van der Waals surface area contributed by atoms with Crippen LogP contribution in [0.25, 0.3) is 10.9 Å². The minimum Gasteiger partial charge on any atom is -0.344 e. The Balaban J connectivity index is 1.53. The van der Waals surface area contributed by atoms with E-state index in [1.54, 1.807) is 11.3 Å². The molecular weight excluding hydrogens is 340 g/mol. The van der Waals surface area contributed by atoms with Gasteiger partial charge in [0.1, 0.15) is 0 Å². The van der Waals surface area contributed by atoms with Gasteiger partial charge in [0.2, 0.25) is 0 Å². The summed E-state index contributed by atoms with van der Waals surface area (Å²) in [5, 5.41) is 2.35. The maximum Gasteiger partial charge on any atom is 0.0486 e. The van der Waals surface area contributed by atoms with Crippen LogP contribution in [0.5, 0.6) is 0 Å². The summed E-state index contributed by atoms with van der Waals surface area (Å²) in [6.45, 7) is 5.54. The standard InChI is InChI=1S/C23H25ClN2/c1-16-6-9-22-19(14-16)20-15-25(18-7-8-18)12-11-23(20)26(22)13-10-17-4-2-3-5-21(17)24/h2-6,9,14,18H,7-8,10-13,15H2,1H3. The van der Waals surface area contributed by atoms with Gasteiger partial charge in [-0.2, -0.15) is 0 Å².